The summed E-state index contributed by atoms with van der Waals surface area (Å²) in [4.78, 5) is 11.1. The van der Waals surface area contributed by atoms with E-state index in [1.807, 2.05) is 37.3 Å². The Balaban J connectivity index is 2.12. The molecule has 0 saturated carbocycles. The van der Waals surface area contributed by atoms with Crippen LogP contribution in [0.4, 0.5) is 11.4 Å². The Labute approximate surface area is 112 Å². The first-order valence-corrected chi connectivity index (χ1v) is 6.05. The summed E-state index contributed by atoms with van der Waals surface area (Å²) >= 11 is 0. The number of benzene rings is 2. The van der Waals surface area contributed by atoms with Crippen LogP contribution in [0, 0.1) is 6.92 Å². The van der Waals surface area contributed by atoms with Gasteiger partial charge in [0, 0.05) is 23.5 Å². The molecular weight excluding hydrogens is 238 g/mol. The minimum absolute atomic E-state index is 0.415. The summed E-state index contributed by atoms with van der Waals surface area (Å²) in [5.41, 5.74) is 15.4. The first-order valence-electron chi connectivity index (χ1n) is 6.05. The summed E-state index contributed by atoms with van der Waals surface area (Å²) in [5.74, 6) is -0.415. The van der Waals surface area contributed by atoms with Gasteiger partial charge in [-0.15, -0.1) is 0 Å². The molecular formula is C15H17N3O. The molecule has 0 heterocycles. The van der Waals surface area contributed by atoms with Crippen molar-refractivity contribution in [3.63, 3.8) is 0 Å². The van der Waals surface area contributed by atoms with E-state index in [0.29, 0.717) is 12.1 Å². The number of nitrogens with two attached hydrogens (primary N) is 2. The number of hydrogen-bond donors (Lipinski definition) is 3. The zero-order chi connectivity index (χ0) is 13.8. The molecule has 0 aliphatic carbocycles. The average molecular weight is 255 g/mol. The van der Waals surface area contributed by atoms with Crippen LogP contribution in [0.1, 0.15) is 21.5 Å². The summed E-state index contributed by atoms with van der Waals surface area (Å²) in [6.45, 7) is 2.58. The van der Waals surface area contributed by atoms with Gasteiger partial charge < -0.3 is 16.8 Å². The molecule has 98 valence electrons. The Hall–Kier alpha value is -2.49. The van der Waals surface area contributed by atoms with Crippen molar-refractivity contribution in [2.24, 2.45) is 5.73 Å². The van der Waals surface area contributed by atoms with E-state index >= 15 is 0 Å². The van der Waals surface area contributed by atoms with E-state index in [2.05, 4.69) is 5.32 Å². The second-order valence-corrected chi connectivity index (χ2v) is 4.45. The summed E-state index contributed by atoms with van der Waals surface area (Å²) in [6.07, 6.45) is 0. The second-order valence-electron chi connectivity index (χ2n) is 4.45. The first kappa shape index (κ1) is 13.0. The highest BCUT2D eigenvalue weighted by Crippen LogP contribution is 2.19. The molecule has 0 fully saturated rings. The van der Waals surface area contributed by atoms with Crippen molar-refractivity contribution in [1.29, 1.82) is 0 Å². The molecule has 2 rings (SSSR count). The Bertz CT molecular complexity index is 608. The van der Waals surface area contributed by atoms with Gasteiger partial charge in [-0.05, 0) is 42.3 Å². The number of aryl methyl sites for hydroxylation is 1. The number of nitrogens with one attached hydrogen (secondary N) is 1. The van der Waals surface area contributed by atoms with Gasteiger partial charge in [-0.1, -0.05) is 18.2 Å². The fourth-order valence-electron chi connectivity index (χ4n) is 1.90. The third-order valence-electron chi connectivity index (χ3n) is 3.04. The predicted octanol–water partition coefficient (Wildman–Crippen LogP) is 2.29. The van der Waals surface area contributed by atoms with Crippen LogP contribution in [0.25, 0.3) is 0 Å². The number of nitrogen functional groups attached to an aromatic ring is 1. The summed E-state index contributed by atoms with van der Waals surface area (Å²) in [7, 11) is 0. The molecule has 0 bridgehead atoms. The largest absolute Gasteiger partial charge is 0.398 e. The van der Waals surface area contributed by atoms with Crippen LogP contribution in [0.2, 0.25) is 0 Å². The van der Waals surface area contributed by atoms with Crippen molar-refractivity contribution >= 4 is 17.3 Å². The fourth-order valence-corrected chi connectivity index (χ4v) is 1.90. The van der Waals surface area contributed by atoms with Gasteiger partial charge in [0.2, 0.25) is 5.91 Å². The lowest BCUT2D eigenvalue weighted by atomic mass is 10.1. The van der Waals surface area contributed by atoms with Crippen molar-refractivity contribution in [2.75, 3.05) is 11.1 Å². The maximum Gasteiger partial charge on any atom is 0.248 e. The van der Waals surface area contributed by atoms with E-state index < -0.39 is 5.91 Å². The zero-order valence-electron chi connectivity index (χ0n) is 10.8. The van der Waals surface area contributed by atoms with Crippen molar-refractivity contribution in [3.8, 4) is 0 Å². The lowest BCUT2D eigenvalue weighted by Gasteiger charge is -2.11. The Morgan fingerprint density at radius 1 is 1.21 bits per heavy atom. The van der Waals surface area contributed by atoms with Crippen molar-refractivity contribution < 1.29 is 4.79 Å². The Morgan fingerprint density at radius 2 is 1.95 bits per heavy atom. The van der Waals surface area contributed by atoms with Crippen LogP contribution in [0.5, 0.6) is 0 Å². The van der Waals surface area contributed by atoms with Crippen LogP contribution in [-0.2, 0) is 6.54 Å². The van der Waals surface area contributed by atoms with Crippen molar-refractivity contribution in [3.05, 3.63) is 59.2 Å². The lowest BCUT2D eigenvalue weighted by molar-refractivity contribution is 0.1000. The minimum atomic E-state index is -0.415. The molecule has 0 saturated heterocycles. The Kier molecular flexibility index (Phi) is 3.71. The SMILES string of the molecule is Cc1cc(C(N)=O)ccc1NCc1ccccc1N. The third kappa shape index (κ3) is 3.04. The maximum atomic E-state index is 11.1. The highest BCUT2D eigenvalue weighted by Gasteiger charge is 2.04. The Morgan fingerprint density at radius 3 is 2.58 bits per heavy atom. The lowest BCUT2D eigenvalue weighted by Crippen LogP contribution is -2.11. The summed E-state index contributed by atoms with van der Waals surface area (Å²) < 4.78 is 0. The van der Waals surface area contributed by atoms with Crippen LogP contribution in [0.15, 0.2) is 42.5 Å². The van der Waals surface area contributed by atoms with Crippen molar-refractivity contribution in [1.82, 2.24) is 0 Å². The van der Waals surface area contributed by atoms with Gasteiger partial charge in [0.05, 0.1) is 0 Å². The van der Waals surface area contributed by atoms with Crippen LogP contribution >= 0.6 is 0 Å². The van der Waals surface area contributed by atoms with Gasteiger partial charge in [0.25, 0.3) is 0 Å². The van der Waals surface area contributed by atoms with Crippen LogP contribution in [0.3, 0.4) is 0 Å². The number of carbonyl (C=O) groups is 1. The van der Waals surface area contributed by atoms with Gasteiger partial charge in [-0.3, -0.25) is 4.79 Å². The van der Waals surface area contributed by atoms with Gasteiger partial charge in [-0.25, -0.2) is 0 Å². The summed E-state index contributed by atoms with van der Waals surface area (Å²) in [6, 6.07) is 13.1. The van der Waals surface area contributed by atoms with Crippen LogP contribution < -0.4 is 16.8 Å². The van der Waals surface area contributed by atoms with E-state index in [1.165, 1.54) is 0 Å². The van der Waals surface area contributed by atoms with Gasteiger partial charge in [0.1, 0.15) is 0 Å². The second kappa shape index (κ2) is 5.44. The number of rotatable bonds is 4. The monoisotopic (exact) mass is 255 g/mol. The van der Waals surface area contributed by atoms with Gasteiger partial charge in [0.15, 0.2) is 0 Å². The molecule has 0 spiro atoms. The van der Waals surface area contributed by atoms with E-state index in [4.69, 9.17) is 11.5 Å². The van der Waals surface area contributed by atoms with E-state index in [-0.39, 0.29) is 0 Å². The number of hydrogen-bond acceptors (Lipinski definition) is 3. The molecule has 2 aromatic rings. The number of amides is 1. The number of primary amides is 1. The van der Waals surface area contributed by atoms with Crippen molar-refractivity contribution in [2.45, 2.75) is 13.5 Å². The molecule has 0 aliphatic heterocycles. The minimum Gasteiger partial charge on any atom is -0.398 e. The molecule has 4 nitrogen and oxygen atoms in total. The topological polar surface area (TPSA) is 81.1 Å². The maximum absolute atomic E-state index is 11.1. The molecule has 0 aliphatic rings. The molecule has 0 atom stereocenters. The van der Waals surface area contributed by atoms with Crippen LogP contribution in [-0.4, -0.2) is 5.91 Å². The molecule has 19 heavy (non-hydrogen) atoms. The first-order chi connectivity index (χ1) is 9.08. The molecule has 0 radical (unpaired) electrons. The molecule has 0 unspecified atom stereocenters. The van der Waals surface area contributed by atoms with E-state index in [0.717, 1.165) is 22.5 Å². The average Bonchev–Trinajstić information content (AvgIpc) is 2.39. The number of anilines is 2. The highest BCUT2D eigenvalue weighted by molar-refractivity contribution is 5.93. The zero-order valence-corrected chi connectivity index (χ0v) is 10.8. The quantitative estimate of drug-likeness (QED) is 0.733. The smallest absolute Gasteiger partial charge is 0.248 e. The molecule has 1 amide bonds. The molecule has 5 N–H and O–H groups in total. The number of carbonyl (C=O) groups excluding carboxylic acids is 1. The number of para-hydroxylation sites is 1. The van der Waals surface area contributed by atoms with E-state index in [1.54, 1.807) is 12.1 Å². The predicted molar refractivity (Wildman–Crippen MR) is 77.9 cm³/mol. The van der Waals surface area contributed by atoms with Gasteiger partial charge >= 0.3 is 0 Å². The standard InChI is InChI=1S/C15H17N3O/c1-10-8-11(15(17)19)6-7-14(10)18-9-12-4-2-3-5-13(12)16/h2-8,18H,9,16H2,1H3,(H2,17,19). The fraction of sp³-hybridized carbons (Fsp3) is 0.133. The normalized spacial score (nSPS) is 10.2. The van der Waals surface area contributed by atoms with E-state index in [9.17, 15) is 4.79 Å². The van der Waals surface area contributed by atoms with Gasteiger partial charge in [-0.2, -0.15) is 0 Å². The third-order valence-corrected chi connectivity index (χ3v) is 3.04. The molecule has 0 aromatic heterocycles. The summed E-state index contributed by atoms with van der Waals surface area (Å²) in [5, 5.41) is 3.30. The highest BCUT2D eigenvalue weighted by atomic mass is 16.1. The molecule has 2 aromatic carbocycles. The molecule has 4 heteroatoms.